The monoisotopic (exact) mass is 524 g/mol. The predicted molar refractivity (Wildman–Crippen MR) is 139 cm³/mol. The van der Waals surface area contributed by atoms with Gasteiger partial charge in [-0.3, -0.25) is 29.4 Å². The minimum absolute atomic E-state index is 0.0624. The van der Waals surface area contributed by atoms with Crippen molar-refractivity contribution < 1.29 is 28.8 Å². The molecule has 2 aliphatic carbocycles. The van der Waals surface area contributed by atoms with Crippen molar-refractivity contribution in [1.82, 2.24) is 0 Å². The second-order valence-electron chi connectivity index (χ2n) is 10.3. The highest BCUT2D eigenvalue weighted by atomic mass is 16.6. The number of ether oxygens (including phenoxy) is 1. The summed E-state index contributed by atoms with van der Waals surface area (Å²) in [7, 11) is 0. The average molecular weight is 525 g/mol. The molecule has 1 heterocycles. The van der Waals surface area contributed by atoms with Gasteiger partial charge in [-0.05, 0) is 60.4 Å². The Morgan fingerprint density at radius 3 is 2.31 bits per heavy atom. The lowest BCUT2D eigenvalue weighted by atomic mass is 9.73. The minimum Gasteiger partial charge on any atom is -0.454 e. The molecule has 2 amide bonds. The van der Waals surface area contributed by atoms with E-state index < -0.39 is 23.3 Å². The van der Waals surface area contributed by atoms with Crippen LogP contribution in [0, 0.1) is 33.8 Å². The number of ketones is 1. The number of rotatable bonds is 7. The number of hydrogen-bond donors (Lipinski definition) is 0. The lowest BCUT2D eigenvalue weighted by Crippen LogP contribution is -2.33. The average Bonchev–Trinajstić information content (AvgIpc) is 3.63. The van der Waals surface area contributed by atoms with Crippen molar-refractivity contribution in [3.63, 3.8) is 0 Å². The molecule has 9 heteroatoms. The number of carbonyl (C=O) groups excluding carboxylic acids is 4. The van der Waals surface area contributed by atoms with Crippen LogP contribution in [0.3, 0.4) is 0 Å². The van der Waals surface area contributed by atoms with E-state index >= 15 is 0 Å². The van der Waals surface area contributed by atoms with Crippen LogP contribution in [0.1, 0.15) is 45.0 Å². The van der Waals surface area contributed by atoms with Gasteiger partial charge in [0.1, 0.15) is 0 Å². The first-order valence-electron chi connectivity index (χ1n) is 12.8. The van der Waals surface area contributed by atoms with Crippen molar-refractivity contribution in [2.24, 2.45) is 23.7 Å². The van der Waals surface area contributed by atoms with Gasteiger partial charge in [0.15, 0.2) is 6.61 Å². The maximum absolute atomic E-state index is 13.5. The van der Waals surface area contributed by atoms with Gasteiger partial charge in [0.05, 0.1) is 28.0 Å². The molecule has 0 N–H and O–H groups in total. The summed E-state index contributed by atoms with van der Waals surface area (Å²) in [5, 5.41) is 10.9. The van der Waals surface area contributed by atoms with Crippen LogP contribution in [-0.2, 0) is 14.3 Å². The molecule has 5 atom stereocenters. The predicted octanol–water partition coefficient (Wildman–Crippen LogP) is 4.56. The van der Waals surface area contributed by atoms with Gasteiger partial charge in [-0.25, -0.2) is 4.79 Å². The normalized spacial score (nSPS) is 25.0. The molecule has 0 aromatic heterocycles. The number of benzene rings is 3. The Balaban J connectivity index is 1.12. The van der Waals surface area contributed by atoms with Crippen LogP contribution in [0.5, 0.6) is 0 Å². The molecule has 3 fully saturated rings. The highest BCUT2D eigenvalue weighted by molar-refractivity contribution is 6.22. The van der Waals surface area contributed by atoms with Crippen LogP contribution in [0.2, 0.25) is 0 Å². The van der Waals surface area contributed by atoms with E-state index in [1.807, 2.05) is 18.2 Å². The first-order valence-corrected chi connectivity index (χ1v) is 12.8. The number of carbonyl (C=O) groups is 4. The zero-order chi connectivity index (χ0) is 27.3. The van der Waals surface area contributed by atoms with Crippen LogP contribution in [0.25, 0.3) is 0 Å². The second kappa shape index (κ2) is 9.58. The number of nitrogens with zero attached hydrogens (tertiary/aromatic N) is 2. The third-order valence-corrected chi connectivity index (χ3v) is 8.32. The smallest absolute Gasteiger partial charge is 0.338 e. The van der Waals surface area contributed by atoms with E-state index in [0.29, 0.717) is 5.69 Å². The summed E-state index contributed by atoms with van der Waals surface area (Å²) in [5.74, 6) is -1.73. The summed E-state index contributed by atoms with van der Waals surface area (Å²) in [6, 6.07) is 21.3. The zero-order valence-electron chi connectivity index (χ0n) is 20.8. The van der Waals surface area contributed by atoms with Crippen molar-refractivity contribution in [3.05, 3.63) is 106 Å². The van der Waals surface area contributed by atoms with E-state index in [-0.39, 0.29) is 58.2 Å². The fraction of sp³-hybridized carbons (Fsp3) is 0.267. The Bertz CT molecular complexity index is 1500. The summed E-state index contributed by atoms with van der Waals surface area (Å²) >= 11 is 0. The van der Waals surface area contributed by atoms with E-state index in [1.165, 1.54) is 52.9 Å². The number of amides is 2. The van der Waals surface area contributed by atoms with Gasteiger partial charge in [-0.15, -0.1) is 0 Å². The van der Waals surface area contributed by atoms with Gasteiger partial charge in [-0.2, -0.15) is 0 Å². The van der Waals surface area contributed by atoms with E-state index in [0.717, 1.165) is 18.9 Å². The quantitative estimate of drug-likeness (QED) is 0.146. The molecule has 196 valence electrons. The van der Waals surface area contributed by atoms with Gasteiger partial charge in [0.2, 0.25) is 17.6 Å². The maximum atomic E-state index is 13.5. The lowest BCUT2D eigenvalue weighted by molar-refractivity contribution is -0.384. The van der Waals surface area contributed by atoms with Crippen LogP contribution in [0.4, 0.5) is 11.4 Å². The summed E-state index contributed by atoms with van der Waals surface area (Å²) in [5.41, 5.74) is 1.59. The Morgan fingerprint density at radius 1 is 0.872 bits per heavy atom. The minimum atomic E-state index is -0.764. The molecule has 1 saturated heterocycles. The molecule has 0 spiro atoms. The molecule has 6 rings (SSSR count). The zero-order valence-corrected chi connectivity index (χ0v) is 20.8. The molecule has 3 aromatic rings. The molecule has 9 nitrogen and oxygen atoms in total. The molecule has 0 unspecified atom stereocenters. The number of non-ortho nitro benzene ring substituents is 1. The first-order chi connectivity index (χ1) is 18.8. The number of esters is 1. The molecule has 39 heavy (non-hydrogen) atoms. The van der Waals surface area contributed by atoms with Gasteiger partial charge in [0.25, 0.3) is 5.69 Å². The number of Topliss-reactive ketones (excluding diaryl/α,β-unsaturated/α-hetero) is 1. The SMILES string of the molecule is O=C(COC(=O)c1ccc(N2C(=O)[C@@H]3[C@@H]4C[C@@H]([C@@H]3C2=O)[C@H](c2ccccc2)C4)cc1)c1cccc([N+](=O)[O-])c1. The standard InChI is InChI=1S/C30H24N2O7/c33-25(19-7-4-8-22(13-19)32(37)38)16-39-30(36)18-9-11-21(12-10-18)31-28(34)26-20-14-23(17-5-2-1-3-6-17)24(15-20)27(26)29(31)35/h1-13,20,23-24,26-27H,14-16H2/t20-,23-,24+,26+,27-/m0/s1. The molecule has 3 aliphatic rings. The van der Waals surface area contributed by atoms with E-state index in [1.54, 1.807) is 0 Å². The molecular formula is C30H24N2O7. The Hall–Kier alpha value is -4.66. The van der Waals surface area contributed by atoms with Gasteiger partial charge < -0.3 is 4.74 Å². The number of nitro groups is 1. The summed E-state index contributed by atoms with van der Waals surface area (Å²) < 4.78 is 5.10. The van der Waals surface area contributed by atoms with E-state index in [2.05, 4.69) is 12.1 Å². The van der Waals surface area contributed by atoms with Crippen molar-refractivity contribution in [2.75, 3.05) is 11.5 Å². The summed E-state index contributed by atoms with van der Waals surface area (Å²) in [6.45, 7) is -0.584. The third-order valence-electron chi connectivity index (χ3n) is 8.32. The lowest BCUT2D eigenvalue weighted by Gasteiger charge is -2.28. The highest BCUT2D eigenvalue weighted by Gasteiger charge is 2.64. The topological polar surface area (TPSA) is 124 Å². The van der Waals surface area contributed by atoms with Crippen molar-refractivity contribution in [3.8, 4) is 0 Å². The maximum Gasteiger partial charge on any atom is 0.338 e. The summed E-state index contributed by atoms with van der Waals surface area (Å²) in [6.07, 6.45) is 1.79. The van der Waals surface area contributed by atoms with Crippen LogP contribution >= 0.6 is 0 Å². The fourth-order valence-corrected chi connectivity index (χ4v) is 6.63. The molecule has 1 aliphatic heterocycles. The van der Waals surface area contributed by atoms with Gasteiger partial charge >= 0.3 is 5.97 Å². The Labute approximate surface area is 223 Å². The van der Waals surface area contributed by atoms with E-state index in [9.17, 15) is 29.3 Å². The Morgan fingerprint density at radius 2 is 1.59 bits per heavy atom. The van der Waals surface area contributed by atoms with Gasteiger partial charge in [0, 0.05) is 17.7 Å². The molecule has 3 aromatic carbocycles. The molecule has 2 bridgehead atoms. The highest BCUT2D eigenvalue weighted by Crippen LogP contribution is 2.61. The fourth-order valence-electron chi connectivity index (χ4n) is 6.63. The number of anilines is 1. The number of imide groups is 1. The molecule has 0 radical (unpaired) electrons. The largest absolute Gasteiger partial charge is 0.454 e. The summed E-state index contributed by atoms with van der Waals surface area (Å²) in [4.78, 5) is 63.3. The van der Waals surface area contributed by atoms with Crippen molar-refractivity contribution in [1.29, 1.82) is 0 Å². The third kappa shape index (κ3) is 4.20. The molecule has 2 saturated carbocycles. The van der Waals surface area contributed by atoms with Crippen molar-refractivity contribution in [2.45, 2.75) is 18.8 Å². The molecular weight excluding hydrogens is 500 g/mol. The second-order valence-corrected chi connectivity index (χ2v) is 10.3. The number of nitro benzene ring substituents is 1. The first kappa shape index (κ1) is 24.7. The van der Waals surface area contributed by atoms with Crippen LogP contribution in [-0.4, -0.2) is 35.1 Å². The number of fused-ring (bicyclic) bond motifs is 5. The van der Waals surface area contributed by atoms with Gasteiger partial charge in [-0.1, -0.05) is 42.5 Å². The van der Waals surface area contributed by atoms with Crippen LogP contribution < -0.4 is 4.90 Å². The van der Waals surface area contributed by atoms with E-state index in [4.69, 9.17) is 4.74 Å². The Kier molecular flexibility index (Phi) is 6.06. The number of hydrogen-bond acceptors (Lipinski definition) is 7. The van der Waals surface area contributed by atoms with Crippen LogP contribution in [0.15, 0.2) is 78.9 Å². The van der Waals surface area contributed by atoms with Crippen molar-refractivity contribution >= 4 is 34.9 Å².